The summed E-state index contributed by atoms with van der Waals surface area (Å²) in [4.78, 5) is 12.5. The van der Waals surface area contributed by atoms with Crippen LogP contribution in [0.2, 0.25) is 0 Å². The second-order valence-corrected chi connectivity index (χ2v) is 8.86. The van der Waals surface area contributed by atoms with Gasteiger partial charge in [-0.2, -0.15) is 0 Å². The molecule has 0 atom stereocenters. The highest BCUT2D eigenvalue weighted by molar-refractivity contribution is 7.92. The Balaban J connectivity index is 1.58. The molecule has 1 amide bonds. The number of amides is 1. The van der Waals surface area contributed by atoms with Crippen LogP contribution in [0.25, 0.3) is 0 Å². The molecule has 0 saturated heterocycles. The third-order valence-electron chi connectivity index (χ3n) is 4.85. The quantitative estimate of drug-likeness (QED) is 0.540. The van der Waals surface area contributed by atoms with E-state index in [1.165, 1.54) is 0 Å². The lowest BCUT2D eigenvalue weighted by molar-refractivity contribution is -0.116. The largest absolute Gasteiger partial charge is 0.326 e. The zero-order chi connectivity index (χ0) is 21.6. The zero-order valence-electron chi connectivity index (χ0n) is 17.2. The molecule has 3 aromatic rings. The predicted molar refractivity (Wildman–Crippen MR) is 121 cm³/mol. The van der Waals surface area contributed by atoms with Crippen LogP contribution in [0.15, 0.2) is 77.7 Å². The molecule has 3 rings (SSSR count). The summed E-state index contributed by atoms with van der Waals surface area (Å²) in [6.07, 6.45) is 1.71. The Morgan fingerprint density at radius 1 is 0.900 bits per heavy atom. The van der Waals surface area contributed by atoms with Crippen LogP contribution in [0, 0.1) is 6.92 Å². The molecule has 0 aliphatic rings. The molecule has 2 N–H and O–H groups in total. The molecule has 0 aromatic heterocycles. The van der Waals surface area contributed by atoms with Gasteiger partial charge in [-0.25, -0.2) is 8.42 Å². The van der Waals surface area contributed by atoms with Gasteiger partial charge in [0.2, 0.25) is 5.91 Å². The van der Waals surface area contributed by atoms with Crippen LogP contribution >= 0.6 is 0 Å². The average molecular weight is 423 g/mol. The summed E-state index contributed by atoms with van der Waals surface area (Å²) in [5, 5.41) is 2.95. The minimum atomic E-state index is -3.65. The second-order valence-electron chi connectivity index (χ2n) is 7.17. The Labute approximate surface area is 178 Å². The van der Waals surface area contributed by atoms with Crippen LogP contribution in [0.4, 0.5) is 11.4 Å². The Hall–Kier alpha value is -3.12. The minimum Gasteiger partial charge on any atom is -0.326 e. The lowest BCUT2D eigenvalue weighted by Crippen LogP contribution is -2.14. The van der Waals surface area contributed by atoms with Gasteiger partial charge in [0.1, 0.15) is 0 Å². The fourth-order valence-electron chi connectivity index (χ4n) is 3.09. The lowest BCUT2D eigenvalue weighted by Gasteiger charge is -2.10. The number of hydrogen-bond acceptors (Lipinski definition) is 3. The Morgan fingerprint density at radius 3 is 2.23 bits per heavy atom. The summed E-state index contributed by atoms with van der Waals surface area (Å²) in [6.45, 7) is 3.99. The van der Waals surface area contributed by atoms with Crippen molar-refractivity contribution in [1.29, 1.82) is 0 Å². The average Bonchev–Trinajstić information content (AvgIpc) is 2.74. The number of anilines is 2. The van der Waals surface area contributed by atoms with Gasteiger partial charge in [0, 0.05) is 17.8 Å². The van der Waals surface area contributed by atoms with E-state index in [4.69, 9.17) is 0 Å². The summed E-state index contributed by atoms with van der Waals surface area (Å²) in [5.74, 6) is -0.0614. The van der Waals surface area contributed by atoms with E-state index in [1.54, 1.807) is 36.4 Å². The van der Waals surface area contributed by atoms with Crippen LogP contribution in [0.3, 0.4) is 0 Å². The van der Waals surface area contributed by atoms with Gasteiger partial charge in [0.05, 0.1) is 4.90 Å². The molecule has 0 unspecified atom stereocenters. The monoisotopic (exact) mass is 422 g/mol. The molecule has 0 spiro atoms. The van der Waals surface area contributed by atoms with Crippen molar-refractivity contribution in [1.82, 2.24) is 0 Å². The van der Waals surface area contributed by atoms with E-state index in [9.17, 15) is 13.2 Å². The number of rotatable bonds is 8. The first-order chi connectivity index (χ1) is 14.4. The van der Waals surface area contributed by atoms with E-state index >= 15 is 0 Å². The zero-order valence-corrected chi connectivity index (χ0v) is 18.0. The van der Waals surface area contributed by atoms with Crippen molar-refractivity contribution in [2.24, 2.45) is 0 Å². The molecule has 0 aliphatic heterocycles. The van der Waals surface area contributed by atoms with E-state index < -0.39 is 10.0 Å². The standard InChI is InChI=1S/C24H26N2O3S/c1-3-20-6-4-5-7-23(20)25-24(27)17-12-19-10-15-22(16-11-19)30(28,29)26-21-13-8-18(2)9-14-21/h4-11,13-16,26H,3,12,17H2,1-2H3,(H,25,27). The van der Waals surface area contributed by atoms with Gasteiger partial charge in [-0.05, 0) is 61.2 Å². The summed E-state index contributed by atoms with van der Waals surface area (Å²) < 4.78 is 27.7. The Kier molecular flexibility index (Phi) is 6.90. The van der Waals surface area contributed by atoms with Gasteiger partial charge < -0.3 is 5.32 Å². The maximum absolute atomic E-state index is 12.6. The summed E-state index contributed by atoms with van der Waals surface area (Å²) in [7, 11) is -3.65. The number of para-hydroxylation sites is 1. The fraction of sp³-hybridized carbons (Fsp3) is 0.208. The smallest absolute Gasteiger partial charge is 0.261 e. The number of carbonyl (C=O) groups excluding carboxylic acids is 1. The first kappa shape index (κ1) is 21.6. The van der Waals surface area contributed by atoms with Gasteiger partial charge in [-0.3, -0.25) is 9.52 Å². The minimum absolute atomic E-state index is 0.0614. The molecule has 0 heterocycles. The molecule has 0 aliphatic carbocycles. The van der Waals surface area contributed by atoms with Gasteiger partial charge in [-0.1, -0.05) is 55.0 Å². The maximum Gasteiger partial charge on any atom is 0.261 e. The number of benzene rings is 3. The number of aryl methyl sites for hydroxylation is 3. The summed E-state index contributed by atoms with van der Waals surface area (Å²) in [6, 6.07) is 21.6. The lowest BCUT2D eigenvalue weighted by atomic mass is 10.1. The van der Waals surface area contributed by atoms with Gasteiger partial charge in [0.25, 0.3) is 10.0 Å². The van der Waals surface area contributed by atoms with Crippen LogP contribution in [0.5, 0.6) is 0 Å². The molecule has 5 nitrogen and oxygen atoms in total. The highest BCUT2D eigenvalue weighted by Crippen LogP contribution is 2.19. The van der Waals surface area contributed by atoms with Crippen molar-refractivity contribution in [2.75, 3.05) is 10.0 Å². The normalized spacial score (nSPS) is 11.1. The van der Waals surface area contributed by atoms with Gasteiger partial charge >= 0.3 is 0 Å². The Morgan fingerprint density at radius 2 is 1.57 bits per heavy atom. The van der Waals surface area contributed by atoms with Crippen molar-refractivity contribution < 1.29 is 13.2 Å². The van der Waals surface area contributed by atoms with Crippen molar-refractivity contribution in [3.05, 3.63) is 89.5 Å². The van der Waals surface area contributed by atoms with Crippen molar-refractivity contribution in [2.45, 2.75) is 38.0 Å². The predicted octanol–water partition coefficient (Wildman–Crippen LogP) is 4.93. The van der Waals surface area contributed by atoms with Crippen LogP contribution in [-0.2, 0) is 27.7 Å². The molecule has 6 heteroatoms. The molecular weight excluding hydrogens is 396 g/mol. The van der Waals surface area contributed by atoms with E-state index in [1.807, 2.05) is 50.2 Å². The van der Waals surface area contributed by atoms with Gasteiger partial charge in [0.15, 0.2) is 0 Å². The molecular formula is C24H26N2O3S. The van der Waals surface area contributed by atoms with Crippen molar-refractivity contribution >= 4 is 27.3 Å². The number of sulfonamides is 1. The van der Waals surface area contributed by atoms with Crippen LogP contribution in [0.1, 0.15) is 30.0 Å². The highest BCUT2D eigenvalue weighted by atomic mass is 32.2. The number of nitrogens with one attached hydrogen (secondary N) is 2. The topological polar surface area (TPSA) is 75.3 Å². The number of carbonyl (C=O) groups is 1. The molecule has 0 saturated carbocycles. The van der Waals surface area contributed by atoms with E-state index in [2.05, 4.69) is 10.0 Å². The first-order valence-electron chi connectivity index (χ1n) is 9.93. The van der Waals surface area contributed by atoms with E-state index in [0.717, 1.165) is 28.8 Å². The maximum atomic E-state index is 12.6. The van der Waals surface area contributed by atoms with E-state index in [-0.39, 0.29) is 10.8 Å². The fourth-order valence-corrected chi connectivity index (χ4v) is 4.15. The molecule has 0 bridgehead atoms. The van der Waals surface area contributed by atoms with Crippen molar-refractivity contribution in [3.63, 3.8) is 0 Å². The number of hydrogen-bond donors (Lipinski definition) is 2. The van der Waals surface area contributed by atoms with Crippen molar-refractivity contribution in [3.8, 4) is 0 Å². The summed E-state index contributed by atoms with van der Waals surface area (Å²) >= 11 is 0. The molecule has 30 heavy (non-hydrogen) atoms. The molecule has 0 fully saturated rings. The first-order valence-corrected chi connectivity index (χ1v) is 11.4. The van der Waals surface area contributed by atoms with E-state index in [0.29, 0.717) is 18.5 Å². The molecule has 0 radical (unpaired) electrons. The molecule has 156 valence electrons. The van der Waals surface area contributed by atoms with Gasteiger partial charge in [-0.15, -0.1) is 0 Å². The summed E-state index contributed by atoms with van der Waals surface area (Å²) in [5.41, 5.74) is 4.43. The van der Waals surface area contributed by atoms with Crippen LogP contribution < -0.4 is 10.0 Å². The second kappa shape index (κ2) is 9.59. The third kappa shape index (κ3) is 5.70. The van der Waals surface area contributed by atoms with Crippen LogP contribution in [-0.4, -0.2) is 14.3 Å². The SMILES string of the molecule is CCc1ccccc1NC(=O)CCc1ccc(S(=O)(=O)Nc2ccc(C)cc2)cc1. The molecule has 3 aromatic carbocycles. The third-order valence-corrected chi connectivity index (χ3v) is 6.25. The highest BCUT2D eigenvalue weighted by Gasteiger charge is 2.14. The Bertz CT molecular complexity index is 1110.